The lowest BCUT2D eigenvalue weighted by molar-refractivity contribution is -0.143. The van der Waals surface area contributed by atoms with E-state index < -0.39 is 0 Å². The molecule has 1 unspecified atom stereocenters. The van der Waals surface area contributed by atoms with Gasteiger partial charge in [-0.05, 0) is 66.3 Å². The van der Waals surface area contributed by atoms with Crippen molar-refractivity contribution in [2.75, 3.05) is 19.6 Å². The lowest BCUT2D eigenvalue weighted by Crippen LogP contribution is -2.53. The Labute approximate surface area is 118 Å². The van der Waals surface area contributed by atoms with Crippen LogP contribution in [-0.2, 0) is 4.79 Å². The second kappa shape index (κ2) is 4.47. The van der Waals surface area contributed by atoms with E-state index in [1.54, 1.807) is 0 Å². The van der Waals surface area contributed by atoms with E-state index in [1.807, 2.05) is 0 Å². The van der Waals surface area contributed by atoms with Gasteiger partial charge < -0.3 is 4.90 Å². The van der Waals surface area contributed by atoms with E-state index in [0.29, 0.717) is 5.91 Å². The van der Waals surface area contributed by atoms with Gasteiger partial charge in [-0.25, -0.2) is 0 Å². The van der Waals surface area contributed by atoms with Crippen molar-refractivity contribution in [2.45, 2.75) is 71.9 Å². The topological polar surface area (TPSA) is 23.6 Å². The monoisotopic (exact) mass is 266 g/mol. The van der Waals surface area contributed by atoms with Crippen LogP contribution in [0.25, 0.3) is 0 Å². The van der Waals surface area contributed by atoms with E-state index in [-0.39, 0.29) is 16.5 Å². The Bertz CT molecular complexity index is 364. The zero-order valence-electron chi connectivity index (χ0n) is 13.5. The summed E-state index contributed by atoms with van der Waals surface area (Å²) < 4.78 is 0. The highest BCUT2D eigenvalue weighted by Crippen LogP contribution is 2.43. The second-order valence-corrected chi connectivity index (χ2v) is 8.49. The summed E-state index contributed by atoms with van der Waals surface area (Å²) in [6, 6.07) is 0. The van der Waals surface area contributed by atoms with Crippen molar-refractivity contribution in [3.05, 3.63) is 0 Å². The minimum atomic E-state index is -0.0268. The molecule has 0 bridgehead atoms. The van der Waals surface area contributed by atoms with Crippen LogP contribution in [0.15, 0.2) is 0 Å². The first kappa shape index (κ1) is 14.8. The van der Waals surface area contributed by atoms with Crippen LogP contribution in [0.1, 0.15) is 60.8 Å². The highest BCUT2D eigenvalue weighted by molar-refractivity contribution is 5.78. The van der Waals surface area contributed by atoms with Gasteiger partial charge in [0, 0.05) is 30.6 Å². The van der Waals surface area contributed by atoms with Crippen molar-refractivity contribution in [3.8, 4) is 0 Å². The Morgan fingerprint density at radius 3 is 1.95 bits per heavy atom. The molecule has 1 amide bonds. The van der Waals surface area contributed by atoms with Crippen molar-refractivity contribution < 1.29 is 4.79 Å². The van der Waals surface area contributed by atoms with Crippen molar-refractivity contribution in [1.29, 1.82) is 0 Å². The van der Waals surface area contributed by atoms with Crippen LogP contribution in [-0.4, -0.2) is 46.4 Å². The van der Waals surface area contributed by atoms with Crippen molar-refractivity contribution in [1.82, 2.24) is 9.80 Å². The summed E-state index contributed by atoms with van der Waals surface area (Å²) in [5.74, 6) is 0.356. The first-order chi connectivity index (χ1) is 8.54. The summed E-state index contributed by atoms with van der Waals surface area (Å²) in [4.78, 5) is 17.1. The zero-order chi connectivity index (χ0) is 14.5. The molecule has 0 aromatic heterocycles. The molecule has 2 saturated heterocycles. The van der Waals surface area contributed by atoms with Gasteiger partial charge in [0.05, 0.1) is 0 Å². The fourth-order valence-corrected chi connectivity index (χ4v) is 3.54. The number of carbonyl (C=O) groups excluding carboxylic acids is 1. The van der Waals surface area contributed by atoms with Gasteiger partial charge in [0.1, 0.15) is 0 Å². The number of piperidine rings is 1. The molecule has 0 aromatic rings. The average molecular weight is 266 g/mol. The molecule has 0 N–H and O–H groups in total. The zero-order valence-corrected chi connectivity index (χ0v) is 13.5. The summed E-state index contributed by atoms with van der Waals surface area (Å²) in [5.41, 5.74) is 0.459. The molecule has 3 heteroatoms. The molecule has 2 fully saturated rings. The van der Waals surface area contributed by atoms with E-state index in [4.69, 9.17) is 0 Å². The van der Waals surface area contributed by atoms with Gasteiger partial charge in [0.25, 0.3) is 0 Å². The molecule has 0 aromatic carbocycles. The lowest BCUT2D eigenvalue weighted by atomic mass is 9.76. The fourth-order valence-electron chi connectivity index (χ4n) is 3.54. The van der Waals surface area contributed by atoms with Crippen LogP contribution in [0.3, 0.4) is 0 Å². The summed E-state index contributed by atoms with van der Waals surface area (Å²) in [6.07, 6.45) is 3.10. The maximum Gasteiger partial charge on any atom is 0.223 e. The van der Waals surface area contributed by atoms with E-state index in [2.05, 4.69) is 51.3 Å². The number of hydrogen-bond acceptors (Lipinski definition) is 2. The molecule has 19 heavy (non-hydrogen) atoms. The third-order valence-corrected chi connectivity index (χ3v) is 4.89. The average Bonchev–Trinajstić information content (AvgIpc) is 2.59. The number of likely N-dealkylation sites (tertiary alicyclic amines) is 2. The number of rotatable bonds is 0. The third-order valence-electron chi connectivity index (χ3n) is 4.89. The highest BCUT2D eigenvalue weighted by Gasteiger charge is 2.47. The second-order valence-electron chi connectivity index (χ2n) is 8.49. The van der Waals surface area contributed by atoms with Gasteiger partial charge in [-0.1, -0.05) is 0 Å². The first-order valence-corrected chi connectivity index (χ1v) is 7.59. The van der Waals surface area contributed by atoms with Crippen LogP contribution in [0.5, 0.6) is 0 Å². The highest BCUT2D eigenvalue weighted by atomic mass is 16.2. The number of hydrogen-bond donors (Lipinski definition) is 0. The van der Waals surface area contributed by atoms with Crippen LogP contribution >= 0.6 is 0 Å². The third kappa shape index (κ3) is 2.96. The van der Waals surface area contributed by atoms with Crippen LogP contribution < -0.4 is 0 Å². The quantitative estimate of drug-likeness (QED) is 0.673. The minimum Gasteiger partial charge on any atom is -0.338 e. The van der Waals surface area contributed by atoms with Gasteiger partial charge >= 0.3 is 0 Å². The molecule has 2 rings (SSSR count). The molecule has 2 aliphatic rings. The van der Waals surface area contributed by atoms with Crippen molar-refractivity contribution >= 4 is 5.91 Å². The number of amides is 1. The van der Waals surface area contributed by atoms with Gasteiger partial charge in [0.2, 0.25) is 5.91 Å². The Morgan fingerprint density at radius 2 is 1.53 bits per heavy atom. The van der Waals surface area contributed by atoms with E-state index in [1.165, 1.54) is 12.8 Å². The molecular weight excluding hydrogens is 236 g/mol. The van der Waals surface area contributed by atoms with E-state index in [0.717, 1.165) is 26.1 Å². The smallest absolute Gasteiger partial charge is 0.223 e. The van der Waals surface area contributed by atoms with Gasteiger partial charge in [-0.2, -0.15) is 0 Å². The maximum atomic E-state index is 12.5. The Hall–Kier alpha value is -0.570. The van der Waals surface area contributed by atoms with E-state index in [9.17, 15) is 4.79 Å². The molecule has 1 spiro atoms. The molecule has 2 aliphatic heterocycles. The normalized spacial score (nSPS) is 30.4. The SMILES string of the molecule is CC(C)(C)N1CCC2(CCN(C(C)(C)C)C(=O)C2)C1. The van der Waals surface area contributed by atoms with Gasteiger partial charge in [0.15, 0.2) is 0 Å². The first-order valence-electron chi connectivity index (χ1n) is 7.59. The van der Waals surface area contributed by atoms with Gasteiger partial charge in [-0.15, -0.1) is 0 Å². The Kier molecular flexibility index (Phi) is 3.49. The molecule has 0 aliphatic carbocycles. The summed E-state index contributed by atoms with van der Waals surface area (Å²) >= 11 is 0. The largest absolute Gasteiger partial charge is 0.338 e. The van der Waals surface area contributed by atoms with E-state index >= 15 is 0 Å². The fraction of sp³-hybridized carbons (Fsp3) is 0.938. The van der Waals surface area contributed by atoms with Crippen LogP contribution in [0.2, 0.25) is 0 Å². The molecule has 0 radical (unpaired) electrons. The van der Waals surface area contributed by atoms with Crippen molar-refractivity contribution in [2.24, 2.45) is 5.41 Å². The number of carbonyl (C=O) groups is 1. The molecule has 0 saturated carbocycles. The standard InChI is InChI=1S/C16H30N2O/c1-14(2,3)17-9-7-16(12-17)8-10-18(13(19)11-16)15(4,5)6/h7-12H2,1-6H3. The lowest BCUT2D eigenvalue weighted by Gasteiger charge is -2.45. The maximum absolute atomic E-state index is 12.5. The van der Waals surface area contributed by atoms with Crippen molar-refractivity contribution in [3.63, 3.8) is 0 Å². The number of nitrogens with zero attached hydrogens (tertiary/aromatic N) is 2. The van der Waals surface area contributed by atoms with Crippen LogP contribution in [0, 0.1) is 5.41 Å². The summed E-state index contributed by atoms with van der Waals surface area (Å²) in [5, 5.41) is 0. The Balaban J connectivity index is 2.05. The molecule has 2 heterocycles. The molecule has 110 valence electrons. The molecule has 1 atom stereocenters. The Morgan fingerprint density at radius 1 is 0.947 bits per heavy atom. The minimum absolute atomic E-state index is 0.0268. The molecular formula is C16H30N2O. The predicted octanol–water partition coefficient (Wildman–Crippen LogP) is 2.90. The summed E-state index contributed by atoms with van der Waals surface area (Å²) in [6.45, 7) is 16.4. The summed E-state index contributed by atoms with van der Waals surface area (Å²) in [7, 11) is 0. The van der Waals surface area contributed by atoms with Gasteiger partial charge in [-0.3, -0.25) is 9.69 Å². The van der Waals surface area contributed by atoms with Crippen LogP contribution in [0.4, 0.5) is 0 Å². The predicted molar refractivity (Wildman–Crippen MR) is 79.1 cm³/mol. The molecule has 3 nitrogen and oxygen atoms in total.